The summed E-state index contributed by atoms with van der Waals surface area (Å²) in [7, 11) is 1.58. The number of methoxy groups -OCH3 is 1. The third-order valence-electron chi connectivity index (χ3n) is 4.35. The van der Waals surface area contributed by atoms with Crippen LogP contribution in [0.15, 0.2) is 78.2 Å². The predicted molar refractivity (Wildman–Crippen MR) is 118 cm³/mol. The van der Waals surface area contributed by atoms with E-state index in [1.807, 2.05) is 29.6 Å². The first kappa shape index (κ1) is 19.6. The Balaban J connectivity index is 1.48. The molecule has 0 aliphatic carbocycles. The highest BCUT2D eigenvalue weighted by molar-refractivity contribution is 7.14. The number of amides is 1. The van der Waals surface area contributed by atoms with Gasteiger partial charge in [0.05, 0.1) is 12.8 Å². The molecule has 0 fully saturated rings. The Labute approximate surface area is 177 Å². The van der Waals surface area contributed by atoms with E-state index in [2.05, 4.69) is 15.6 Å². The molecule has 0 radical (unpaired) electrons. The number of nitrogens with zero attached hydrogens (tertiary/aromatic N) is 1. The number of thiazole rings is 1. The van der Waals surface area contributed by atoms with E-state index in [0.29, 0.717) is 27.8 Å². The van der Waals surface area contributed by atoms with Crippen LogP contribution in [-0.4, -0.2) is 18.0 Å². The van der Waals surface area contributed by atoms with Crippen LogP contribution in [0.25, 0.3) is 11.3 Å². The van der Waals surface area contributed by atoms with Crippen LogP contribution in [0.3, 0.4) is 0 Å². The number of halogens is 1. The van der Waals surface area contributed by atoms with Crippen LogP contribution < -0.4 is 15.4 Å². The molecule has 0 saturated heterocycles. The van der Waals surface area contributed by atoms with Gasteiger partial charge in [-0.1, -0.05) is 18.2 Å². The fraction of sp³-hybridized carbons (Fsp3) is 0.0435. The summed E-state index contributed by atoms with van der Waals surface area (Å²) in [5, 5.41) is 8.56. The maximum atomic E-state index is 13.4. The lowest BCUT2D eigenvalue weighted by molar-refractivity contribution is 0.102. The minimum Gasteiger partial charge on any atom is -0.497 e. The molecule has 0 saturated carbocycles. The van der Waals surface area contributed by atoms with Crippen LogP contribution in [0.4, 0.5) is 20.9 Å². The fourth-order valence-corrected chi connectivity index (χ4v) is 3.60. The molecule has 4 rings (SSSR count). The molecule has 4 aromatic rings. The Morgan fingerprint density at radius 3 is 2.53 bits per heavy atom. The van der Waals surface area contributed by atoms with Gasteiger partial charge in [-0.25, -0.2) is 9.37 Å². The van der Waals surface area contributed by atoms with Gasteiger partial charge in [-0.2, -0.15) is 0 Å². The second-order valence-electron chi connectivity index (χ2n) is 6.44. The quantitative estimate of drug-likeness (QED) is 0.405. The van der Waals surface area contributed by atoms with Gasteiger partial charge >= 0.3 is 0 Å². The summed E-state index contributed by atoms with van der Waals surface area (Å²) in [6.45, 7) is 0. The lowest BCUT2D eigenvalue weighted by Crippen LogP contribution is -2.11. The largest absolute Gasteiger partial charge is 0.497 e. The Hall–Kier alpha value is -3.71. The van der Waals surface area contributed by atoms with E-state index in [9.17, 15) is 9.18 Å². The number of carbonyl (C=O) groups is 1. The Morgan fingerprint density at radius 2 is 1.77 bits per heavy atom. The lowest BCUT2D eigenvalue weighted by Gasteiger charge is -2.07. The van der Waals surface area contributed by atoms with Crippen LogP contribution in [0.2, 0.25) is 0 Å². The van der Waals surface area contributed by atoms with Gasteiger partial charge in [-0.3, -0.25) is 4.79 Å². The van der Waals surface area contributed by atoms with Gasteiger partial charge < -0.3 is 15.4 Å². The molecule has 0 aliphatic heterocycles. The normalized spacial score (nSPS) is 10.5. The first-order valence-corrected chi connectivity index (χ1v) is 10.0. The Kier molecular flexibility index (Phi) is 5.72. The second kappa shape index (κ2) is 8.75. The molecule has 0 bridgehead atoms. The Morgan fingerprint density at radius 1 is 1.00 bits per heavy atom. The monoisotopic (exact) mass is 419 g/mol. The summed E-state index contributed by atoms with van der Waals surface area (Å²) in [6.07, 6.45) is 0. The zero-order valence-corrected chi connectivity index (χ0v) is 16.9. The van der Waals surface area contributed by atoms with E-state index < -0.39 is 0 Å². The lowest BCUT2D eigenvalue weighted by atomic mass is 10.1. The van der Waals surface area contributed by atoms with E-state index in [4.69, 9.17) is 4.74 Å². The van der Waals surface area contributed by atoms with Crippen LogP contribution in [0, 0.1) is 5.82 Å². The molecule has 0 spiro atoms. The minimum absolute atomic E-state index is 0.207. The van der Waals surface area contributed by atoms with Crippen molar-refractivity contribution in [2.45, 2.75) is 0 Å². The van der Waals surface area contributed by atoms with Crippen LogP contribution in [0.5, 0.6) is 5.75 Å². The highest BCUT2D eigenvalue weighted by Gasteiger charge is 2.09. The molecule has 1 aromatic heterocycles. The van der Waals surface area contributed by atoms with Crippen molar-refractivity contribution < 1.29 is 13.9 Å². The molecule has 150 valence electrons. The van der Waals surface area contributed by atoms with Crippen molar-refractivity contribution in [3.63, 3.8) is 0 Å². The number of ether oxygens (including phenoxy) is 1. The molecule has 2 N–H and O–H groups in total. The summed E-state index contributed by atoms with van der Waals surface area (Å²) in [4.78, 5) is 17.1. The summed E-state index contributed by atoms with van der Waals surface area (Å²) < 4.78 is 18.5. The molecule has 1 amide bonds. The first-order chi connectivity index (χ1) is 14.6. The van der Waals surface area contributed by atoms with Crippen molar-refractivity contribution in [3.8, 4) is 17.0 Å². The summed E-state index contributed by atoms with van der Waals surface area (Å²) in [5.41, 5.74) is 3.47. The van der Waals surface area contributed by atoms with E-state index in [0.717, 1.165) is 11.3 Å². The average molecular weight is 419 g/mol. The van der Waals surface area contributed by atoms with Gasteiger partial charge in [0.1, 0.15) is 11.6 Å². The zero-order valence-electron chi connectivity index (χ0n) is 16.1. The van der Waals surface area contributed by atoms with E-state index >= 15 is 0 Å². The van der Waals surface area contributed by atoms with Crippen LogP contribution in [-0.2, 0) is 0 Å². The number of carbonyl (C=O) groups excluding carboxylic acids is 1. The number of hydrogen-bond donors (Lipinski definition) is 2. The molecular formula is C23H18FN3O2S. The summed E-state index contributed by atoms with van der Waals surface area (Å²) >= 11 is 1.42. The number of aromatic nitrogens is 1. The molecule has 30 heavy (non-hydrogen) atoms. The fourth-order valence-electron chi connectivity index (χ4n) is 2.86. The zero-order chi connectivity index (χ0) is 20.9. The van der Waals surface area contributed by atoms with Gasteiger partial charge in [0.2, 0.25) is 0 Å². The third-order valence-corrected chi connectivity index (χ3v) is 5.11. The first-order valence-electron chi connectivity index (χ1n) is 9.15. The van der Waals surface area contributed by atoms with Gasteiger partial charge in [-0.15, -0.1) is 11.3 Å². The number of hydrogen-bond acceptors (Lipinski definition) is 5. The van der Waals surface area contributed by atoms with Crippen molar-refractivity contribution in [2.24, 2.45) is 0 Å². The van der Waals surface area contributed by atoms with Crippen molar-refractivity contribution in [1.29, 1.82) is 0 Å². The standard InChI is InChI=1S/C23H18FN3O2S/c1-29-20-10-8-15(9-11-20)22(28)25-18-6-2-4-16(12-18)21-14-30-23(27-21)26-19-7-3-5-17(24)13-19/h2-14H,1H3,(H,25,28)(H,26,27). The Bertz CT molecular complexity index is 1180. The van der Waals surface area contributed by atoms with E-state index in [1.54, 1.807) is 43.5 Å². The van der Waals surface area contributed by atoms with Gasteiger partial charge in [0.25, 0.3) is 5.91 Å². The maximum Gasteiger partial charge on any atom is 0.255 e. The number of nitrogens with one attached hydrogen (secondary N) is 2. The van der Waals surface area contributed by atoms with Crippen LogP contribution >= 0.6 is 11.3 Å². The molecule has 5 nitrogen and oxygen atoms in total. The summed E-state index contributed by atoms with van der Waals surface area (Å²) in [6, 6.07) is 20.6. The molecule has 3 aromatic carbocycles. The highest BCUT2D eigenvalue weighted by atomic mass is 32.1. The van der Waals surface area contributed by atoms with E-state index in [-0.39, 0.29) is 11.7 Å². The molecule has 0 aliphatic rings. The molecule has 0 unspecified atom stereocenters. The highest BCUT2D eigenvalue weighted by Crippen LogP contribution is 2.29. The predicted octanol–water partition coefficient (Wildman–Crippen LogP) is 5.95. The third kappa shape index (κ3) is 4.64. The molecule has 1 heterocycles. The van der Waals surface area contributed by atoms with Crippen molar-refractivity contribution >= 4 is 33.8 Å². The number of rotatable bonds is 6. The molecule has 7 heteroatoms. The minimum atomic E-state index is -0.308. The van der Waals surface area contributed by atoms with Gasteiger partial charge in [0.15, 0.2) is 5.13 Å². The second-order valence-corrected chi connectivity index (χ2v) is 7.29. The van der Waals surface area contributed by atoms with E-state index in [1.165, 1.54) is 23.5 Å². The average Bonchev–Trinajstić information content (AvgIpc) is 3.22. The molecule has 0 atom stereocenters. The molecular weight excluding hydrogens is 401 g/mol. The van der Waals surface area contributed by atoms with Crippen LogP contribution in [0.1, 0.15) is 10.4 Å². The SMILES string of the molecule is COc1ccc(C(=O)Nc2cccc(-c3csc(Nc4cccc(F)c4)n3)c2)cc1. The van der Waals surface area contributed by atoms with Gasteiger partial charge in [0, 0.05) is 27.9 Å². The topological polar surface area (TPSA) is 63.2 Å². The summed E-state index contributed by atoms with van der Waals surface area (Å²) in [5.74, 6) is 0.179. The van der Waals surface area contributed by atoms with Crippen molar-refractivity contribution in [2.75, 3.05) is 17.7 Å². The van der Waals surface area contributed by atoms with Crippen molar-refractivity contribution in [3.05, 3.63) is 89.6 Å². The number of anilines is 3. The maximum absolute atomic E-state index is 13.4. The van der Waals surface area contributed by atoms with Gasteiger partial charge in [-0.05, 0) is 54.6 Å². The smallest absolute Gasteiger partial charge is 0.255 e. The number of benzene rings is 3. The van der Waals surface area contributed by atoms with Crippen molar-refractivity contribution in [1.82, 2.24) is 4.98 Å².